The molecule has 34 heavy (non-hydrogen) atoms. The van der Waals surface area contributed by atoms with E-state index in [9.17, 15) is 13.2 Å². The first-order valence-corrected chi connectivity index (χ1v) is 13.5. The molecule has 1 N–H and O–H groups in total. The summed E-state index contributed by atoms with van der Waals surface area (Å²) in [6.45, 7) is 3.74. The smallest absolute Gasteiger partial charge is 0.263 e. The van der Waals surface area contributed by atoms with Gasteiger partial charge in [-0.1, -0.05) is 35.3 Å². The minimum atomic E-state index is -3.75. The summed E-state index contributed by atoms with van der Waals surface area (Å²) in [5.74, 6) is 0.206. The first-order valence-electron chi connectivity index (χ1n) is 10.4. The summed E-state index contributed by atoms with van der Waals surface area (Å²) >= 11 is 13.4. The van der Waals surface area contributed by atoms with Crippen molar-refractivity contribution in [2.24, 2.45) is 0 Å². The van der Waals surface area contributed by atoms with Crippen LogP contribution in [-0.2, 0) is 14.8 Å². The first-order chi connectivity index (χ1) is 16.2. The van der Waals surface area contributed by atoms with Crippen LogP contribution in [0.25, 0.3) is 0 Å². The van der Waals surface area contributed by atoms with Crippen molar-refractivity contribution in [3.8, 4) is 5.75 Å². The Kier molecular flexibility index (Phi) is 7.51. The van der Waals surface area contributed by atoms with E-state index in [-0.39, 0.29) is 15.8 Å². The fourth-order valence-electron chi connectivity index (χ4n) is 3.55. The van der Waals surface area contributed by atoms with Gasteiger partial charge in [-0.25, -0.2) is 13.4 Å². The molecule has 0 aliphatic carbocycles. The molecule has 0 spiro atoms. The number of nitrogens with one attached hydrogen (secondary N) is 1. The summed E-state index contributed by atoms with van der Waals surface area (Å²) in [6.07, 6.45) is 0.808. The summed E-state index contributed by atoms with van der Waals surface area (Å²) in [5.41, 5.74) is 0.768. The van der Waals surface area contributed by atoms with Gasteiger partial charge >= 0.3 is 0 Å². The van der Waals surface area contributed by atoms with Gasteiger partial charge in [-0.2, -0.15) is 0 Å². The lowest BCUT2D eigenvalue weighted by Crippen LogP contribution is -2.52. The van der Waals surface area contributed by atoms with Gasteiger partial charge in [0.15, 0.2) is 11.2 Å². The zero-order valence-electron chi connectivity index (χ0n) is 18.1. The second kappa shape index (κ2) is 10.4. The summed E-state index contributed by atoms with van der Waals surface area (Å²) in [6, 6.07) is 11.7. The van der Waals surface area contributed by atoms with Crippen LogP contribution in [0.15, 0.2) is 58.9 Å². The van der Waals surface area contributed by atoms with Crippen molar-refractivity contribution in [2.45, 2.75) is 17.9 Å². The lowest BCUT2D eigenvalue weighted by Gasteiger charge is -2.37. The molecule has 1 aromatic heterocycles. The summed E-state index contributed by atoms with van der Waals surface area (Å²) in [4.78, 5) is 20.8. The molecule has 0 saturated carbocycles. The van der Waals surface area contributed by atoms with Crippen LogP contribution in [0.3, 0.4) is 0 Å². The highest BCUT2D eigenvalue weighted by Gasteiger charge is 2.27. The molecule has 3 aromatic rings. The Bertz CT molecular complexity index is 1260. The Balaban J connectivity index is 1.37. The average Bonchev–Trinajstić information content (AvgIpc) is 3.34. The molecule has 8 nitrogen and oxygen atoms in total. The highest BCUT2D eigenvalue weighted by molar-refractivity contribution is 7.93. The van der Waals surface area contributed by atoms with Crippen LogP contribution in [0.4, 0.5) is 10.8 Å². The minimum absolute atomic E-state index is 0.152. The number of halogens is 2. The molecule has 1 aliphatic heterocycles. The molecule has 2 aromatic carbocycles. The molecule has 1 aliphatic rings. The van der Waals surface area contributed by atoms with Crippen LogP contribution >= 0.6 is 34.5 Å². The van der Waals surface area contributed by atoms with E-state index in [1.54, 1.807) is 53.6 Å². The predicted octanol–water partition coefficient (Wildman–Crippen LogP) is 4.37. The van der Waals surface area contributed by atoms with Gasteiger partial charge in [0.05, 0.1) is 9.92 Å². The number of amides is 1. The van der Waals surface area contributed by atoms with Gasteiger partial charge in [-0.3, -0.25) is 9.52 Å². The Morgan fingerprint density at radius 3 is 2.59 bits per heavy atom. The van der Waals surface area contributed by atoms with Gasteiger partial charge in [-0.05, 0) is 37.3 Å². The van der Waals surface area contributed by atoms with Crippen LogP contribution in [0.2, 0.25) is 10.0 Å². The molecule has 0 bridgehead atoms. The van der Waals surface area contributed by atoms with Crippen LogP contribution in [-0.4, -0.2) is 56.5 Å². The number of anilines is 2. The first kappa shape index (κ1) is 24.6. The maximum atomic E-state index is 12.9. The molecule has 4 rings (SSSR count). The number of benzene rings is 2. The molecule has 1 atom stereocenters. The van der Waals surface area contributed by atoms with Gasteiger partial charge in [0.2, 0.25) is 0 Å². The highest BCUT2D eigenvalue weighted by Crippen LogP contribution is 2.32. The third-order valence-corrected chi connectivity index (χ3v) is 8.26. The Morgan fingerprint density at radius 2 is 1.88 bits per heavy atom. The molecular formula is C22H22Cl2N4O4S2. The number of aromatic nitrogens is 1. The lowest BCUT2D eigenvalue weighted by atomic mass is 10.2. The van der Waals surface area contributed by atoms with Crippen LogP contribution in [0, 0.1) is 0 Å². The maximum Gasteiger partial charge on any atom is 0.263 e. The van der Waals surface area contributed by atoms with E-state index in [2.05, 4.69) is 9.71 Å². The number of carbonyl (C=O) groups is 1. The molecule has 0 radical (unpaired) electrons. The molecule has 180 valence electrons. The monoisotopic (exact) mass is 540 g/mol. The van der Waals surface area contributed by atoms with E-state index < -0.39 is 16.1 Å². The SMILES string of the molecule is CC(Oc1cccc(Cl)c1Cl)C(=O)N1CCN(c2cccc(S(=O)(=O)Nc3nccs3)c2)CC1. The number of carbonyl (C=O) groups excluding carboxylic acids is 1. The van der Waals surface area contributed by atoms with E-state index in [4.69, 9.17) is 27.9 Å². The molecule has 1 unspecified atom stereocenters. The predicted molar refractivity (Wildman–Crippen MR) is 135 cm³/mol. The Hall–Kier alpha value is -2.53. The van der Waals surface area contributed by atoms with Gasteiger partial charge in [-0.15, -0.1) is 11.3 Å². The van der Waals surface area contributed by atoms with E-state index in [1.165, 1.54) is 17.5 Å². The van der Waals surface area contributed by atoms with Crippen LogP contribution in [0.5, 0.6) is 5.75 Å². The molecule has 1 fully saturated rings. The molecule has 1 saturated heterocycles. The zero-order chi connectivity index (χ0) is 24.3. The lowest BCUT2D eigenvalue weighted by molar-refractivity contribution is -0.138. The zero-order valence-corrected chi connectivity index (χ0v) is 21.3. The fourth-order valence-corrected chi connectivity index (χ4v) is 5.72. The number of thiazole rings is 1. The number of ether oxygens (including phenoxy) is 1. The molecule has 1 amide bonds. The molecule has 12 heteroatoms. The number of hydrogen-bond acceptors (Lipinski definition) is 7. The maximum absolute atomic E-state index is 12.9. The normalized spacial score (nSPS) is 15.1. The number of piperazine rings is 1. The van der Waals surface area contributed by atoms with Crippen LogP contribution < -0.4 is 14.4 Å². The van der Waals surface area contributed by atoms with Gasteiger partial charge in [0.25, 0.3) is 15.9 Å². The number of sulfonamides is 1. The Labute approximate surface area is 212 Å². The van der Waals surface area contributed by atoms with E-state index in [0.717, 1.165) is 5.69 Å². The van der Waals surface area contributed by atoms with Crippen molar-refractivity contribution in [3.63, 3.8) is 0 Å². The van der Waals surface area contributed by atoms with Gasteiger partial charge in [0.1, 0.15) is 10.8 Å². The largest absolute Gasteiger partial charge is 0.479 e. The van der Waals surface area contributed by atoms with Crippen molar-refractivity contribution in [3.05, 3.63) is 64.1 Å². The van der Waals surface area contributed by atoms with Gasteiger partial charge < -0.3 is 14.5 Å². The van der Waals surface area contributed by atoms with Crippen molar-refractivity contribution < 1.29 is 17.9 Å². The minimum Gasteiger partial charge on any atom is -0.479 e. The van der Waals surface area contributed by atoms with Crippen molar-refractivity contribution >= 4 is 61.3 Å². The summed E-state index contributed by atoms with van der Waals surface area (Å²) < 4.78 is 33.6. The molecule has 2 heterocycles. The van der Waals surface area contributed by atoms with Crippen molar-refractivity contribution in [1.82, 2.24) is 9.88 Å². The van der Waals surface area contributed by atoms with Crippen molar-refractivity contribution in [1.29, 1.82) is 0 Å². The number of rotatable bonds is 7. The standard InChI is InChI=1S/C22H22Cl2N4O4S2/c1-15(32-19-7-3-6-18(23)20(19)24)21(29)28-11-9-27(10-12-28)16-4-2-5-17(14-16)34(30,31)26-22-25-8-13-33-22/h2-8,13-15H,9-12H2,1H3,(H,25,26). The van der Waals surface area contributed by atoms with E-state index >= 15 is 0 Å². The fraction of sp³-hybridized carbons (Fsp3) is 0.273. The summed E-state index contributed by atoms with van der Waals surface area (Å²) in [5, 5.41) is 2.64. The highest BCUT2D eigenvalue weighted by atomic mass is 35.5. The molecular weight excluding hydrogens is 519 g/mol. The Morgan fingerprint density at radius 1 is 1.15 bits per heavy atom. The third kappa shape index (κ3) is 5.57. The van der Waals surface area contributed by atoms with E-state index in [1.807, 2.05) is 11.0 Å². The third-order valence-electron chi connectivity index (χ3n) is 5.31. The number of hydrogen-bond donors (Lipinski definition) is 1. The topological polar surface area (TPSA) is 91.8 Å². The second-order valence-electron chi connectivity index (χ2n) is 7.56. The quantitative estimate of drug-likeness (QED) is 0.478. The average molecular weight is 541 g/mol. The van der Waals surface area contributed by atoms with Crippen molar-refractivity contribution in [2.75, 3.05) is 35.8 Å². The number of nitrogens with zero attached hydrogens (tertiary/aromatic N) is 3. The summed E-state index contributed by atoms with van der Waals surface area (Å²) in [7, 11) is -3.75. The van der Waals surface area contributed by atoms with Gasteiger partial charge in [0, 0.05) is 43.4 Å². The second-order valence-corrected chi connectivity index (χ2v) is 10.9. The van der Waals surface area contributed by atoms with Crippen LogP contribution in [0.1, 0.15) is 6.92 Å². The van der Waals surface area contributed by atoms with E-state index in [0.29, 0.717) is 42.1 Å².